The summed E-state index contributed by atoms with van der Waals surface area (Å²) in [6.07, 6.45) is 0. The monoisotopic (exact) mass is 310 g/mol. The van der Waals surface area contributed by atoms with Crippen molar-refractivity contribution in [3.8, 4) is 0 Å². The summed E-state index contributed by atoms with van der Waals surface area (Å²) < 4.78 is 24.3. The van der Waals surface area contributed by atoms with Crippen molar-refractivity contribution >= 4 is 32.5 Å². The zero-order chi connectivity index (χ0) is 15.6. The van der Waals surface area contributed by atoms with E-state index in [4.69, 9.17) is 5.73 Å². The maximum absolute atomic E-state index is 12.2. The van der Waals surface area contributed by atoms with Crippen LogP contribution in [0.3, 0.4) is 0 Å². The predicted octanol–water partition coefficient (Wildman–Crippen LogP) is 0.691. The maximum atomic E-state index is 12.2. The fraction of sp³-hybridized carbons (Fsp3) is 0.385. The van der Waals surface area contributed by atoms with Gasteiger partial charge in [-0.1, -0.05) is 13.8 Å². The first-order chi connectivity index (χ1) is 9.78. The highest BCUT2D eigenvalue weighted by Crippen LogP contribution is 2.17. The van der Waals surface area contributed by atoms with Crippen molar-refractivity contribution in [1.82, 2.24) is 15.3 Å². The second kappa shape index (κ2) is 5.72. The van der Waals surface area contributed by atoms with Crippen LogP contribution in [-0.4, -0.2) is 36.6 Å². The zero-order valence-corrected chi connectivity index (χ0v) is 12.7. The molecule has 8 heteroatoms. The van der Waals surface area contributed by atoms with Gasteiger partial charge >= 0.3 is 0 Å². The molecule has 0 spiro atoms. The number of nitrogens with one attached hydrogen (secondary N) is 2. The number of amides is 1. The number of fused-ring (bicyclic) bond motifs is 1. The van der Waals surface area contributed by atoms with Gasteiger partial charge in [-0.2, -0.15) is 0 Å². The van der Waals surface area contributed by atoms with Crippen LogP contribution in [0.1, 0.15) is 13.8 Å². The molecule has 4 N–H and O–H groups in total. The Hall–Kier alpha value is -2.09. The van der Waals surface area contributed by atoms with E-state index in [0.29, 0.717) is 23.3 Å². The summed E-state index contributed by atoms with van der Waals surface area (Å²) in [5, 5.41) is 2.35. The largest absolute Gasteiger partial charge is 0.399 e. The molecule has 1 aromatic carbocycles. The van der Waals surface area contributed by atoms with Crippen LogP contribution >= 0.6 is 0 Å². The molecule has 0 atom stereocenters. The minimum absolute atomic E-state index is 0.220. The molecule has 1 aromatic heterocycles. The Morgan fingerprint density at radius 3 is 2.81 bits per heavy atom. The molecule has 7 nitrogen and oxygen atoms in total. The van der Waals surface area contributed by atoms with Crippen LogP contribution in [0, 0.1) is 5.92 Å². The molecule has 1 heterocycles. The molecule has 0 saturated carbocycles. The molecule has 0 aliphatic heterocycles. The van der Waals surface area contributed by atoms with E-state index in [1.807, 2.05) is 13.8 Å². The molecule has 114 valence electrons. The average molecular weight is 310 g/mol. The van der Waals surface area contributed by atoms with Crippen LogP contribution in [0.5, 0.6) is 0 Å². The Kier molecular flexibility index (Phi) is 4.17. The number of carbonyl (C=O) groups excluding carboxylic acids is 1. The number of nitrogens with zero attached hydrogens (tertiary/aromatic N) is 1. The normalized spacial score (nSPS) is 12.0. The summed E-state index contributed by atoms with van der Waals surface area (Å²) in [6, 6.07) is 4.86. The lowest BCUT2D eigenvalue weighted by molar-refractivity contribution is -0.118. The van der Waals surface area contributed by atoms with E-state index in [1.54, 1.807) is 18.2 Å². The van der Waals surface area contributed by atoms with E-state index in [2.05, 4.69) is 15.3 Å². The minimum atomic E-state index is -3.80. The fourth-order valence-electron chi connectivity index (χ4n) is 1.76. The lowest BCUT2D eigenvalue weighted by atomic mass is 10.2. The fourth-order valence-corrected chi connectivity index (χ4v) is 2.85. The van der Waals surface area contributed by atoms with Crippen molar-refractivity contribution < 1.29 is 13.2 Å². The summed E-state index contributed by atoms with van der Waals surface area (Å²) in [4.78, 5) is 18.3. The molecule has 0 unspecified atom stereocenters. The smallest absolute Gasteiger partial charge is 0.235 e. The van der Waals surface area contributed by atoms with E-state index in [9.17, 15) is 13.2 Å². The molecule has 2 aromatic rings. The summed E-state index contributed by atoms with van der Waals surface area (Å²) in [5.41, 5.74) is 7.15. The zero-order valence-electron chi connectivity index (χ0n) is 11.9. The lowest BCUT2D eigenvalue weighted by Crippen LogP contribution is -2.33. The van der Waals surface area contributed by atoms with E-state index in [-0.39, 0.29) is 11.1 Å². The molecule has 2 rings (SSSR count). The first-order valence-electron chi connectivity index (χ1n) is 6.52. The Balaban J connectivity index is 2.19. The van der Waals surface area contributed by atoms with Crippen LogP contribution in [0.25, 0.3) is 11.0 Å². The molecule has 0 radical (unpaired) electrons. The third-order valence-corrected chi connectivity index (χ3v) is 4.23. The van der Waals surface area contributed by atoms with Crippen molar-refractivity contribution in [2.75, 3.05) is 18.0 Å². The molecule has 0 saturated heterocycles. The van der Waals surface area contributed by atoms with E-state index in [1.165, 1.54) is 0 Å². The van der Waals surface area contributed by atoms with Crippen LogP contribution in [-0.2, 0) is 14.6 Å². The molecule has 0 aliphatic rings. The summed E-state index contributed by atoms with van der Waals surface area (Å²) in [7, 11) is -3.80. The first-order valence-corrected chi connectivity index (χ1v) is 8.18. The van der Waals surface area contributed by atoms with E-state index >= 15 is 0 Å². The first kappa shape index (κ1) is 15.3. The van der Waals surface area contributed by atoms with Gasteiger partial charge in [-0.15, -0.1) is 0 Å². The minimum Gasteiger partial charge on any atom is -0.399 e. The number of hydrogen-bond acceptors (Lipinski definition) is 5. The maximum Gasteiger partial charge on any atom is 0.235 e. The van der Waals surface area contributed by atoms with Gasteiger partial charge in [0.2, 0.25) is 20.9 Å². The molecule has 0 fully saturated rings. The number of H-pyrrole nitrogens is 1. The second-order valence-electron chi connectivity index (χ2n) is 5.28. The number of nitrogens with two attached hydrogens (primary N) is 1. The molecule has 21 heavy (non-hydrogen) atoms. The van der Waals surface area contributed by atoms with Gasteiger partial charge in [0.1, 0.15) is 5.75 Å². The Bertz CT molecular complexity index is 765. The van der Waals surface area contributed by atoms with Gasteiger partial charge in [-0.05, 0) is 24.1 Å². The van der Waals surface area contributed by atoms with Crippen molar-refractivity contribution in [3.63, 3.8) is 0 Å². The van der Waals surface area contributed by atoms with Gasteiger partial charge in [0.15, 0.2) is 0 Å². The SMILES string of the molecule is CC(C)CNC(=O)CS(=O)(=O)c1nc2ccc(N)cc2[nH]1. The van der Waals surface area contributed by atoms with Crippen molar-refractivity contribution in [2.45, 2.75) is 19.0 Å². The van der Waals surface area contributed by atoms with Crippen LogP contribution in [0.4, 0.5) is 5.69 Å². The molecule has 0 bridgehead atoms. The highest BCUT2D eigenvalue weighted by Gasteiger charge is 2.23. The molecular weight excluding hydrogens is 292 g/mol. The number of aromatic nitrogens is 2. The number of hydrogen-bond donors (Lipinski definition) is 3. The molecular formula is C13H18N4O3S. The lowest BCUT2D eigenvalue weighted by Gasteiger charge is -2.07. The standard InChI is InChI=1S/C13H18N4O3S/c1-8(2)6-15-12(18)7-21(19,20)13-16-10-4-3-9(14)5-11(10)17-13/h3-5,8H,6-7,14H2,1-2H3,(H,15,18)(H,16,17). The average Bonchev–Trinajstić information content (AvgIpc) is 2.79. The third kappa shape index (κ3) is 3.72. The van der Waals surface area contributed by atoms with Crippen LogP contribution in [0.2, 0.25) is 0 Å². The van der Waals surface area contributed by atoms with E-state index < -0.39 is 21.5 Å². The third-order valence-electron chi connectivity index (χ3n) is 2.81. The quantitative estimate of drug-likeness (QED) is 0.702. The topological polar surface area (TPSA) is 118 Å². The van der Waals surface area contributed by atoms with Gasteiger partial charge in [0.25, 0.3) is 0 Å². The highest BCUT2D eigenvalue weighted by molar-refractivity contribution is 7.91. The summed E-state index contributed by atoms with van der Waals surface area (Å²) in [6.45, 7) is 4.29. The van der Waals surface area contributed by atoms with Crippen LogP contribution in [0.15, 0.2) is 23.4 Å². The van der Waals surface area contributed by atoms with Gasteiger partial charge < -0.3 is 16.0 Å². The second-order valence-corrected chi connectivity index (χ2v) is 7.18. The number of benzene rings is 1. The van der Waals surface area contributed by atoms with Crippen LogP contribution < -0.4 is 11.1 Å². The predicted molar refractivity (Wildman–Crippen MR) is 80.4 cm³/mol. The number of imidazole rings is 1. The molecule has 0 aliphatic carbocycles. The van der Waals surface area contributed by atoms with Crippen molar-refractivity contribution in [2.24, 2.45) is 5.92 Å². The van der Waals surface area contributed by atoms with Gasteiger partial charge in [-0.3, -0.25) is 4.79 Å². The van der Waals surface area contributed by atoms with Crippen molar-refractivity contribution in [1.29, 1.82) is 0 Å². The number of aromatic amines is 1. The summed E-state index contributed by atoms with van der Waals surface area (Å²) >= 11 is 0. The molecule has 1 amide bonds. The number of nitrogen functional groups attached to an aromatic ring is 1. The number of anilines is 1. The Morgan fingerprint density at radius 1 is 1.43 bits per heavy atom. The van der Waals surface area contributed by atoms with Gasteiger partial charge in [-0.25, -0.2) is 13.4 Å². The van der Waals surface area contributed by atoms with E-state index in [0.717, 1.165) is 0 Å². The highest BCUT2D eigenvalue weighted by atomic mass is 32.2. The number of carbonyl (C=O) groups is 1. The van der Waals surface area contributed by atoms with Gasteiger partial charge in [0.05, 0.1) is 11.0 Å². The van der Waals surface area contributed by atoms with Gasteiger partial charge in [0, 0.05) is 12.2 Å². The number of sulfone groups is 1. The van der Waals surface area contributed by atoms with Crippen molar-refractivity contribution in [3.05, 3.63) is 18.2 Å². The number of rotatable bonds is 5. The summed E-state index contributed by atoms with van der Waals surface area (Å²) in [5.74, 6) is -0.913. The Labute approximate surface area is 122 Å². The Morgan fingerprint density at radius 2 is 2.14 bits per heavy atom.